The molecular formula is C90H92N18O5. The molecule has 14 heterocycles. The topological polar surface area (TPSA) is 232 Å². The summed E-state index contributed by atoms with van der Waals surface area (Å²) in [6.45, 7) is 15.1. The standard InChI is InChI=1S/C33H36N6O2.C32H34N6O2.C25H22N6O/c1-22-3-2-15-38(21-22)27-12-16-37(17-13-27)33(41)23-4-7-26(8-5-23)36-29-10-11-30(39-18-14-34-31(29)39)24-6-9-28-25(19-24)20-35-32(28)40;39-31-27-9-6-23(20-24(27)21-34-31)29-11-10-28(30-33-14-19-38(29)30)35-25-7-4-22(5-8-25)32(40)37-17-12-26(13-18-37)36-15-2-1-3-16-36;1-6-21-23(27-10-9-26-21)17-18(1)24-8-7-22(25-28-11-12-31(24)25)29-19-2-4-20(5-3-19)30-13-15-32-16-14-30/h4-11,14,18-19,22,27,36H,2-3,12-13,15-17,20-21H2,1H3,(H,35,40);4-11,14,19-20,26,35H,1-3,12-13,15-18,21H2,(H,34,39);1-12,17,29H,13-16H2. The smallest absolute Gasteiger partial charge is 0.253 e. The van der Waals surface area contributed by atoms with E-state index in [4.69, 9.17) is 4.74 Å². The minimum atomic E-state index is -0.0151. The first-order valence-electron chi connectivity index (χ1n) is 40.0. The van der Waals surface area contributed by atoms with Crippen LogP contribution in [0.5, 0.6) is 0 Å². The highest BCUT2D eigenvalue weighted by Crippen LogP contribution is 2.36. The zero-order chi connectivity index (χ0) is 76.3. The number of imidazole rings is 3. The number of hydrogen-bond donors (Lipinski definition) is 5. The van der Waals surface area contributed by atoms with E-state index in [0.717, 1.165) is 213 Å². The molecule has 4 amide bonds. The summed E-state index contributed by atoms with van der Waals surface area (Å²) in [4.78, 5) is 84.7. The molecule has 23 heteroatoms. The van der Waals surface area contributed by atoms with Gasteiger partial charge in [0, 0.05) is 171 Å². The van der Waals surface area contributed by atoms with E-state index in [2.05, 4.69) is 159 Å². The second-order valence-corrected chi connectivity index (χ2v) is 30.7. The lowest BCUT2D eigenvalue weighted by molar-refractivity contribution is 0.0541. The number of carbonyl (C=O) groups excluding carboxylic acids is 4. The van der Waals surface area contributed by atoms with E-state index in [-0.39, 0.29) is 23.6 Å². The van der Waals surface area contributed by atoms with E-state index in [0.29, 0.717) is 25.2 Å². The molecule has 5 saturated heterocycles. The van der Waals surface area contributed by atoms with Crippen molar-refractivity contribution in [3.8, 4) is 33.8 Å². The van der Waals surface area contributed by atoms with E-state index >= 15 is 0 Å². The van der Waals surface area contributed by atoms with E-state index in [1.54, 1.807) is 24.8 Å². The molecule has 7 aromatic heterocycles. The lowest BCUT2D eigenvalue weighted by Gasteiger charge is -2.41. The van der Waals surface area contributed by atoms with Crippen molar-refractivity contribution < 1.29 is 23.9 Å². The number of nitrogens with one attached hydrogen (secondary N) is 5. The lowest BCUT2D eigenvalue weighted by atomic mass is 9.95. The monoisotopic (exact) mass is 1500 g/mol. The van der Waals surface area contributed by atoms with E-state index in [1.165, 1.54) is 64.0 Å². The molecule has 20 rings (SSSR count). The van der Waals surface area contributed by atoms with Gasteiger partial charge in [0.1, 0.15) is 0 Å². The van der Waals surface area contributed by atoms with Crippen molar-refractivity contribution in [3.63, 3.8) is 0 Å². The molecular weight excluding hydrogens is 1410 g/mol. The number of carbonyl (C=O) groups is 4. The van der Waals surface area contributed by atoms with Crippen molar-refractivity contribution in [2.75, 3.05) is 99.5 Å². The number of rotatable bonds is 14. The van der Waals surface area contributed by atoms with Gasteiger partial charge in [-0.1, -0.05) is 31.5 Å². The summed E-state index contributed by atoms with van der Waals surface area (Å²) >= 11 is 0. The van der Waals surface area contributed by atoms with Crippen molar-refractivity contribution in [3.05, 3.63) is 247 Å². The Morgan fingerprint density at radius 3 is 1.33 bits per heavy atom. The van der Waals surface area contributed by atoms with E-state index in [9.17, 15) is 19.2 Å². The second-order valence-electron chi connectivity index (χ2n) is 30.7. The maximum atomic E-state index is 13.3. The minimum Gasteiger partial charge on any atom is -0.378 e. The van der Waals surface area contributed by atoms with Crippen LogP contribution < -0.4 is 31.5 Å². The molecule has 13 aromatic rings. The predicted octanol–water partition coefficient (Wildman–Crippen LogP) is 14.9. The summed E-state index contributed by atoms with van der Waals surface area (Å²) in [5, 5.41) is 16.2. The van der Waals surface area contributed by atoms with Crippen LogP contribution in [0.3, 0.4) is 0 Å². The quantitative estimate of drug-likeness (QED) is 0.0681. The summed E-state index contributed by atoms with van der Waals surface area (Å²) in [5.41, 5.74) is 22.2. The summed E-state index contributed by atoms with van der Waals surface area (Å²) in [6, 6.07) is 55.7. The van der Waals surface area contributed by atoms with Crippen LogP contribution in [0.25, 0.3) is 61.7 Å². The van der Waals surface area contributed by atoms with Gasteiger partial charge in [0.2, 0.25) is 0 Å². The maximum Gasteiger partial charge on any atom is 0.253 e. The molecule has 5 fully saturated rings. The molecule has 0 saturated carbocycles. The van der Waals surface area contributed by atoms with Crippen LogP contribution in [0.2, 0.25) is 0 Å². The molecule has 5 N–H and O–H groups in total. The Balaban J connectivity index is 0.000000119. The molecule has 23 nitrogen and oxygen atoms in total. The van der Waals surface area contributed by atoms with Crippen molar-refractivity contribution in [1.82, 2.24) is 68.4 Å². The number of aromatic nitrogens is 8. The van der Waals surface area contributed by atoms with Crippen LogP contribution >= 0.6 is 0 Å². The van der Waals surface area contributed by atoms with Gasteiger partial charge in [-0.25, -0.2) is 15.0 Å². The Bertz CT molecular complexity index is 5650. The number of morpholine rings is 1. The van der Waals surface area contributed by atoms with Crippen LogP contribution in [0.1, 0.15) is 117 Å². The van der Waals surface area contributed by atoms with Crippen molar-refractivity contribution in [2.45, 2.75) is 89.9 Å². The zero-order valence-electron chi connectivity index (χ0n) is 63.6. The number of benzene rings is 6. The van der Waals surface area contributed by atoms with E-state index in [1.807, 2.05) is 126 Å². The number of anilines is 7. The fourth-order valence-electron chi connectivity index (χ4n) is 17.5. The molecule has 7 aliphatic rings. The Kier molecular flexibility index (Phi) is 20.6. The number of pyridine rings is 3. The van der Waals surface area contributed by atoms with Crippen molar-refractivity contribution in [1.29, 1.82) is 0 Å². The van der Waals surface area contributed by atoms with Gasteiger partial charge in [-0.05, 0) is 245 Å². The van der Waals surface area contributed by atoms with Gasteiger partial charge >= 0.3 is 0 Å². The lowest BCUT2D eigenvalue weighted by Crippen LogP contribution is -2.49. The van der Waals surface area contributed by atoms with Gasteiger partial charge in [0.15, 0.2) is 16.9 Å². The van der Waals surface area contributed by atoms with Crippen molar-refractivity contribution >= 4 is 91.4 Å². The van der Waals surface area contributed by atoms with Gasteiger partial charge in [-0.2, -0.15) is 0 Å². The summed E-state index contributed by atoms with van der Waals surface area (Å²) in [6.07, 6.45) is 25.6. The van der Waals surface area contributed by atoms with Gasteiger partial charge in [0.05, 0.1) is 58.4 Å². The Morgan fingerprint density at radius 1 is 0.416 bits per heavy atom. The van der Waals surface area contributed by atoms with Gasteiger partial charge < -0.3 is 50.9 Å². The Labute approximate surface area is 656 Å². The fraction of sp³-hybridized carbons (Fsp3) is 0.300. The molecule has 0 bridgehead atoms. The number of piperidine rings is 4. The molecule has 1 unspecified atom stereocenters. The zero-order valence-corrected chi connectivity index (χ0v) is 63.6. The van der Waals surface area contributed by atoms with Crippen LogP contribution in [0.15, 0.2) is 213 Å². The molecule has 1 atom stereocenters. The van der Waals surface area contributed by atoms with Gasteiger partial charge in [0.25, 0.3) is 23.6 Å². The highest BCUT2D eigenvalue weighted by Gasteiger charge is 2.32. The first-order chi connectivity index (χ1) is 55.5. The molecule has 7 aliphatic heterocycles. The molecule has 0 aliphatic carbocycles. The predicted molar refractivity (Wildman–Crippen MR) is 443 cm³/mol. The first-order valence-corrected chi connectivity index (χ1v) is 40.0. The van der Waals surface area contributed by atoms with Crippen LogP contribution in [0.4, 0.5) is 39.8 Å². The number of amides is 4. The third-order valence-corrected chi connectivity index (χ3v) is 23.5. The van der Waals surface area contributed by atoms with E-state index < -0.39 is 0 Å². The number of fused-ring (bicyclic) bond motifs is 6. The SMILES string of the molecule is CC1CCCN(C2CCN(C(=O)c3ccc(Nc4ccc(-c5ccc6c(c5)CNC6=O)n5ccnc45)cc3)CC2)C1.O=C1NCc2cc(-c3ccc(Nc4ccc(C(=O)N5CCC(N6CCCCC6)CC5)cc4)c4nccn34)ccc21.c1cnc2cc(-c3ccc(Nc4ccc(N5CCOCC5)cc4)c4nccn34)ccc2n1. The maximum absolute atomic E-state index is 13.3. The Hall–Kier alpha value is -12.3. The van der Waals surface area contributed by atoms with Crippen LogP contribution in [-0.4, -0.2) is 172 Å². The van der Waals surface area contributed by atoms with Crippen LogP contribution in [0, 0.1) is 5.92 Å². The largest absolute Gasteiger partial charge is 0.378 e. The molecule has 0 spiro atoms. The fourth-order valence-corrected chi connectivity index (χ4v) is 17.5. The first kappa shape index (κ1) is 72.2. The third-order valence-electron chi connectivity index (χ3n) is 23.5. The normalized spacial score (nSPS) is 17.6. The average molecular weight is 1510 g/mol. The number of nitrogens with zero attached hydrogens (tertiary/aromatic N) is 13. The number of likely N-dealkylation sites (tertiary alicyclic amines) is 4. The van der Waals surface area contributed by atoms with Gasteiger partial charge in [-0.15, -0.1) is 0 Å². The summed E-state index contributed by atoms with van der Waals surface area (Å²) in [5.74, 6) is 0.995. The van der Waals surface area contributed by atoms with Crippen LogP contribution in [-0.2, 0) is 17.8 Å². The van der Waals surface area contributed by atoms with Gasteiger partial charge in [-0.3, -0.25) is 47.2 Å². The molecule has 113 heavy (non-hydrogen) atoms. The molecule has 6 aromatic carbocycles. The molecule has 572 valence electrons. The van der Waals surface area contributed by atoms with Crippen molar-refractivity contribution in [2.24, 2.45) is 5.92 Å². The summed E-state index contributed by atoms with van der Waals surface area (Å²) < 4.78 is 11.7. The minimum absolute atomic E-state index is 0.0148. The highest BCUT2D eigenvalue weighted by atomic mass is 16.5. The molecule has 0 radical (unpaired) electrons. The number of ether oxygens (including phenoxy) is 1. The average Bonchev–Trinajstić information content (AvgIpc) is 1.68. The third kappa shape index (κ3) is 15.4. The second kappa shape index (κ2) is 32.2. The Morgan fingerprint density at radius 2 is 0.850 bits per heavy atom. The number of hydrogen-bond acceptors (Lipinski definition) is 16. The highest BCUT2D eigenvalue weighted by molar-refractivity contribution is 6.00. The summed E-state index contributed by atoms with van der Waals surface area (Å²) in [7, 11) is 0.